The highest BCUT2D eigenvalue weighted by atomic mass is 19.4. The fourth-order valence-corrected chi connectivity index (χ4v) is 3.92. The van der Waals surface area contributed by atoms with Gasteiger partial charge in [-0.2, -0.15) is 13.2 Å². The minimum absolute atomic E-state index is 0.251. The van der Waals surface area contributed by atoms with Crippen LogP contribution < -0.4 is 5.32 Å². The molecule has 1 unspecified atom stereocenters. The molecule has 23 heavy (non-hydrogen) atoms. The van der Waals surface area contributed by atoms with Crippen LogP contribution >= 0.6 is 0 Å². The first-order valence-electron chi connectivity index (χ1n) is 8.11. The SMILES string of the molecule is O=C(NC1C[C@H]2CCC[C@@H](C1)N2Cc1ccccc1)C(F)(F)F. The number of piperidine rings is 2. The second kappa shape index (κ2) is 6.51. The van der Waals surface area contributed by atoms with Crippen LogP contribution in [0.4, 0.5) is 13.2 Å². The third-order valence-electron chi connectivity index (χ3n) is 4.93. The second-order valence-corrected chi connectivity index (χ2v) is 6.54. The lowest BCUT2D eigenvalue weighted by Gasteiger charge is -2.49. The van der Waals surface area contributed by atoms with Gasteiger partial charge >= 0.3 is 12.1 Å². The number of carbonyl (C=O) groups excluding carboxylic acids is 1. The van der Waals surface area contributed by atoms with Crippen LogP contribution in [0.5, 0.6) is 0 Å². The Morgan fingerprint density at radius 3 is 2.30 bits per heavy atom. The Balaban J connectivity index is 1.65. The maximum absolute atomic E-state index is 12.4. The number of hydrogen-bond donors (Lipinski definition) is 1. The highest BCUT2D eigenvalue weighted by Gasteiger charge is 2.43. The van der Waals surface area contributed by atoms with Crippen LogP contribution in [0.1, 0.15) is 37.7 Å². The molecule has 1 N–H and O–H groups in total. The molecule has 3 atom stereocenters. The number of benzene rings is 1. The Labute approximate surface area is 133 Å². The molecule has 2 bridgehead atoms. The van der Waals surface area contributed by atoms with E-state index in [1.165, 1.54) is 5.56 Å². The summed E-state index contributed by atoms with van der Waals surface area (Å²) in [4.78, 5) is 13.6. The van der Waals surface area contributed by atoms with Gasteiger partial charge < -0.3 is 5.32 Å². The number of amides is 1. The summed E-state index contributed by atoms with van der Waals surface area (Å²) in [5.74, 6) is -1.81. The Bertz CT molecular complexity index is 533. The maximum Gasteiger partial charge on any atom is 0.471 e. The number of nitrogens with zero attached hydrogens (tertiary/aromatic N) is 1. The zero-order chi connectivity index (χ0) is 16.4. The second-order valence-electron chi connectivity index (χ2n) is 6.54. The quantitative estimate of drug-likeness (QED) is 0.925. The highest BCUT2D eigenvalue weighted by Crippen LogP contribution is 2.35. The summed E-state index contributed by atoms with van der Waals surface area (Å²) in [6.45, 7) is 0.829. The standard InChI is InChI=1S/C17H21F3N2O/c18-17(19,20)16(23)21-13-9-14-7-4-8-15(10-13)22(14)11-12-5-2-1-3-6-12/h1-3,5-6,13-15H,4,7-11H2,(H,21,23)/t13?,14-,15+. The summed E-state index contributed by atoms with van der Waals surface area (Å²) < 4.78 is 37.3. The van der Waals surface area contributed by atoms with Crippen molar-refractivity contribution >= 4 is 5.91 Å². The molecule has 3 rings (SSSR count). The normalized spacial score (nSPS) is 28.4. The van der Waals surface area contributed by atoms with Crippen molar-refractivity contribution in [2.75, 3.05) is 0 Å². The first-order chi connectivity index (χ1) is 10.9. The van der Waals surface area contributed by atoms with E-state index < -0.39 is 12.1 Å². The number of nitrogens with one attached hydrogen (secondary N) is 1. The Morgan fingerprint density at radius 1 is 1.13 bits per heavy atom. The van der Waals surface area contributed by atoms with E-state index in [0.717, 1.165) is 25.8 Å². The van der Waals surface area contributed by atoms with Gasteiger partial charge in [-0.3, -0.25) is 9.69 Å². The molecule has 0 aromatic heterocycles. The molecular formula is C17H21F3N2O. The van der Waals surface area contributed by atoms with Crippen molar-refractivity contribution in [3.8, 4) is 0 Å². The van der Waals surface area contributed by atoms with E-state index in [0.29, 0.717) is 12.8 Å². The molecule has 0 radical (unpaired) electrons. The molecular weight excluding hydrogens is 305 g/mol. The lowest BCUT2D eigenvalue weighted by molar-refractivity contribution is -0.175. The number of alkyl halides is 3. The third kappa shape index (κ3) is 3.86. The highest BCUT2D eigenvalue weighted by molar-refractivity contribution is 5.81. The van der Waals surface area contributed by atoms with Gasteiger partial charge in [-0.1, -0.05) is 36.8 Å². The van der Waals surface area contributed by atoms with Crippen molar-refractivity contribution in [2.24, 2.45) is 0 Å². The topological polar surface area (TPSA) is 32.3 Å². The summed E-state index contributed by atoms with van der Waals surface area (Å²) >= 11 is 0. The molecule has 126 valence electrons. The minimum Gasteiger partial charge on any atom is -0.345 e. The molecule has 0 spiro atoms. The molecule has 2 saturated heterocycles. The number of carbonyl (C=O) groups is 1. The van der Waals surface area contributed by atoms with Crippen molar-refractivity contribution < 1.29 is 18.0 Å². The van der Waals surface area contributed by atoms with Crippen LogP contribution in [-0.2, 0) is 11.3 Å². The summed E-state index contributed by atoms with van der Waals surface area (Å²) in [5, 5.41) is 2.18. The van der Waals surface area contributed by atoms with E-state index in [1.807, 2.05) is 18.2 Å². The van der Waals surface area contributed by atoms with E-state index in [9.17, 15) is 18.0 Å². The monoisotopic (exact) mass is 326 g/mol. The van der Waals surface area contributed by atoms with E-state index in [1.54, 1.807) is 0 Å². The average molecular weight is 326 g/mol. The van der Waals surface area contributed by atoms with Crippen molar-refractivity contribution in [3.05, 3.63) is 35.9 Å². The zero-order valence-electron chi connectivity index (χ0n) is 12.9. The van der Waals surface area contributed by atoms with Gasteiger partial charge in [-0.05, 0) is 31.2 Å². The Morgan fingerprint density at radius 2 is 1.74 bits per heavy atom. The summed E-state index contributed by atoms with van der Waals surface area (Å²) in [6.07, 6.45) is -0.503. The van der Waals surface area contributed by atoms with Gasteiger partial charge in [0.05, 0.1) is 0 Å². The Hall–Kier alpha value is -1.56. The zero-order valence-corrected chi connectivity index (χ0v) is 12.9. The van der Waals surface area contributed by atoms with Crippen LogP contribution in [0.3, 0.4) is 0 Å². The number of fused-ring (bicyclic) bond motifs is 2. The van der Waals surface area contributed by atoms with Gasteiger partial charge in [0.15, 0.2) is 0 Å². The number of hydrogen-bond acceptors (Lipinski definition) is 2. The summed E-state index contributed by atoms with van der Waals surface area (Å²) in [6, 6.07) is 10.3. The third-order valence-corrected chi connectivity index (χ3v) is 4.93. The van der Waals surface area contributed by atoms with Crippen molar-refractivity contribution in [1.82, 2.24) is 10.2 Å². The van der Waals surface area contributed by atoms with Crippen LogP contribution in [0.2, 0.25) is 0 Å². The van der Waals surface area contributed by atoms with Gasteiger partial charge in [-0.25, -0.2) is 0 Å². The van der Waals surface area contributed by atoms with Crippen LogP contribution in [0, 0.1) is 0 Å². The first-order valence-corrected chi connectivity index (χ1v) is 8.11. The molecule has 2 heterocycles. The van der Waals surface area contributed by atoms with Crippen LogP contribution in [0.15, 0.2) is 30.3 Å². The molecule has 1 aromatic rings. The smallest absolute Gasteiger partial charge is 0.345 e. The van der Waals surface area contributed by atoms with Crippen molar-refractivity contribution in [2.45, 2.75) is 63.0 Å². The average Bonchev–Trinajstić information content (AvgIpc) is 2.48. The predicted molar refractivity (Wildman–Crippen MR) is 80.6 cm³/mol. The van der Waals surface area contributed by atoms with E-state index in [2.05, 4.69) is 22.3 Å². The molecule has 2 aliphatic heterocycles. The molecule has 0 aliphatic carbocycles. The van der Waals surface area contributed by atoms with Gasteiger partial charge in [-0.15, -0.1) is 0 Å². The first kappa shape index (κ1) is 16.3. The van der Waals surface area contributed by atoms with Gasteiger partial charge in [0.2, 0.25) is 0 Å². The molecule has 0 saturated carbocycles. The molecule has 1 aromatic carbocycles. The van der Waals surface area contributed by atoms with Gasteiger partial charge in [0.1, 0.15) is 0 Å². The fourth-order valence-electron chi connectivity index (χ4n) is 3.92. The fraction of sp³-hybridized carbons (Fsp3) is 0.588. The largest absolute Gasteiger partial charge is 0.471 e. The van der Waals surface area contributed by atoms with Gasteiger partial charge in [0, 0.05) is 24.7 Å². The summed E-state index contributed by atoms with van der Waals surface area (Å²) in [7, 11) is 0. The van der Waals surface area contributed by atoms with Crippen molar-refractivity contribution in [1.29, 1.82) is 0 Å². The minimum atomic E-state index is -4.80. The molecule has 6 heteroatoms. The van der Waals surface area contributed by atoms with E-state index >= 15 is 0 Å². The maximum atomic E-state index is 12.4. The number of halogens is 3. The molecule has 1 amide bonds. The molecule has 2 aliphatic rings. The van der Waals surface area contributed by atoms with Crippen molar-refractivity contribution in [3.63, 3.8) is 0 Å². The number of rotatable bonds is 3. The van der Waals surface area contributed by atoms with E-state index in [4.69, 9.17) is 0 Å². The van der Waals surface area contributed by atoms with Crippen LogP contribution in [0.25, 0.3) is 0 Å². The molecule has 2 fully saturated rings. The molecule has 3 nitrogen and oxygen atoms in total. The predicted octanol–water partition coefficient (Wildman–Crippen LogP) is 3.25. The van der Waals surface area contributed by atoms with E-state index in [-0.39, 0.29) is 18.1 Å². The van der Waals surface area contributed by atoms with Crippen LogP contribution in [-0.4, -0.2) is 35.1 Å². The lowest BCUT2D eigenvalue weighted by atomic mass is 9.81. The Kier molecular flexibility index (Phi) is 4.62. The lowest BCUT2D eigenvalue weighted by Crippen LogP contribution is -2.57. The summed E-state index contributed by atoms with van der Waals surface area (Å²) in [5.41, 5.74) is 1.22. The van der Waals surface area contributed by atoms with Gasteiger partial charge in [0.25, 0.3) is 0 Å².